The second-order valence-corrected chi connectivity index (χ2v) is 7.11. The molecule has 1 fully saturated rings. The van der Waals surface area contributed by atoms with Crippen molar-refractivity contribution in [2.75, 3.05) is 13.2 Å². The topological polar surface area (TPSA) is 208 Å². The molecule has 0 aliphatic carbocycles. The summed E-state index contributed by atoms with van der Waals surface area (Å²) in [5, 5.41) is 41.9. The number of aromatic nitrogens is 2. The van der Waals surface area contributed by atoms with Crippen LogP contribution in [0, 0.1) is 20.0 Å². The quantitative estimate of drug-likeness (QED) is 0.172. The average molecular weight is 601 g/mol. The molecule has 37 heavy (non-hydrogen) atoms. The Hall–Kier alpha value is -2.60. The van der Waals surface area contributed by atoms with Crippen LogP contribution in [0.15, 0.2) is 48.8 Å². The zero-order valence-corrected chi connectivity index (χ0v) is 21.2. The third-order valence-corrected chi connectivity index (χ3v) is 4.82. The van der Waals surface area contributed by atoms with E-state index in [-0.39, 0.29) is 26.7 Å². The van der Waals surface area contributed by atoms with Gasteiger partial charge in [0.2, 0.25) is 5.91 Å². The van der Waals surface area contributed by atoms with E-state index in [0.29, 0.717) is 13.1 Å². The second kappa shape index (κ2) is 21.5. The van der Waals surface area contributed by atoms with Gasteiger partial charge in [0, 0.05) is 45.6 Å². The molecule has 0 spiro atoms. The van der Waals surface area contributed by atoms with Crippen molar-refractivity contribution in [3.8, 4) is 0 Å². The monoisotopic (exact) mass is 601 g/mol. The molecular formula is C23H26N4O9Tc. The number of carbonyl (C=O) groups is 1. The Morgan fingerprint density at radius 3 is 1.81 bits per heavy atom. The Labute approximate surface area is 227 Å². The van der Waals surface area contributed by atoms with Crippen LogP contribution in [-0.4, -0.2) is 85.0 Å². The normalized spacial score (nSPS) is 21.6. The first kappa shape index (κ1) is 36.6. The molecule has 5 atom stereocenters. The van der Waals surface area contributed by atoms with Gasteiger partial charge in [0.1, 0.15) is 24.4 Å². The van der Waals surface area contributed by atoms with Crippen molar-refractivity contribution in [2.24, 2.45) is 0 Å². The van der Waals surface area contributed by atoms with Gasteiger partial charge >= 0.3 is 33.9 Å². The van der Waals surface area contributed by atoms with Crippen molar-refractivity contribution in [3.05, 3.63) is 80.1 Å². The molecule has 1 amide bonds. The first-order chi connectivity index (χ1) is 17.5. The average Bonchev–Trinajstić information content (AvgIpc) is 2.93. The van der Waals surface area contributed by atoms with E-state index in [1.54, 1.807) is 24.5 Å². The molecule has 0 saturated carbocycles. The first-order valence-corrected chi connectivity index (χ1v) is 10.2. The third-order valence-electron chi connectivity index (χ3n) is 4.82. The van der Waals surface area contributed by atoms with Gasteiger partial charge in [-0.2, -0.15) is 0 Å². The summed E-state index contributed by atoms with van der Waals surface area (Å²) in [5.74, 6) is -0.483. The van der Waals surface area contributed by atoms with E-state index in [2.05, 4.69) is 35.2 Å². The number of pyridine rings is 2. The van der Waals surface area contributed by atoms with Crippen LogP contribution in [0.2, 0.25) is 0 Å². The van der Waals surface area contributed by atoms with Gasteiger partial charge in [-0.3, -0.25) is 19.7 Å². The Kier molecular flexibility index (Phi) is 21.2. The molecule has 1 saturated heterocycles. The van der Waals surface area contributed by atoms with E-state index in [9.17, 15) is 20.1 Å². The van der Waals surface area contributed by atoms with E-state index in [1.165, 1.54) is 0 Å². The molecule has 0 aromatic carbocycles. The van der Waals surface area contributed by atoms with Gasteiger partial charge in [0.15, 0.2) is 6.29 Å². The van der Waals surface area contributed by atoms with Gasteiger partial charge in [0.05, 0.1) is 24.5 Å². The summed E-state index contributed by atoms with van der Waals surface area (Å²) in [4.78, 5) is 23.0. The van der Waals surface area contributed by atoms with Crippen molar-refractivity contribution in [2.45, 2.75) is 43.7 Å². The van der Waals surface area contributed by atoms with Crippen LogP contribution in [0.5, 0.6) is 0 Å². The maximum absolute atomic E-state index is 12.6. The molecule has 3 heterocycles. The van der Waals surface area contributed by atoms with Crippen molar-refractivity contribution in [3.63, 3.8) is 0 Å². The fourth-order valence-corrected chi connectivity index (χ4v) is 3.30. The molecule has 1 unspecified atom stereocenters. The maximum atomic E-state index is 12.6. The first-order valence-electron chi connectivity index (χ1n) is 10.2. The van der Waals surface area contributed by atoms with Crippen molar-refractivity contribution in [1.82, 2.24) is 20.2 Å². The fraction of sp³-hybridized carbons (Fsp3) is 0.391. The van der Waals surface area contributed by atoms with Gasteiger partial charge in [-0.1, -0.05) is 12.1 Å². The predicted octanol–water partition coefficient (Wildman–Crippen LogP) is -1.72. The fourth-order valence-electron chi connectivity index (χ4n) is 3.30. The zero-order valence-electron chi connectivity index (χ0n) is 19.4. The van der Waals surface area contributed by atoms with Gasteiger partial charge in [-0.15, -0.1) is 0 Å². The molecule has 5 N–H and O–H groups in total. The Morgan fingerprint density at radius 2 is 1.41 bits per heavy atom. The van der Waals surface area contributed by atoms with Crippen molar-refractivity contribution in [1.29, 1.82) is 0 Å². The molecule has 3 rings (SSSR count). The summed E-state index contributed by atoms with van der Waals surface area (Å²) >= 11 is 0. The van der Waals surface area contributed by atoms with Crippen molar-refractivity contribution < 1.29 is 64.0 Å². The molecule has 2 aromatic heterocycles. The Morgan fingerprint density at radius 1 is 0.919 bits per heavy atom. The summed E-state index contributed by atoms with van der Waals surface area (Å²) < 4.78 is 27.6. The summed E-state index contributed by atoms with van der Waals surface area (Å²) in [7, 11) is 0. The number of rotatable bonds is 8. The molecule has 14 heteroatoms. The SMILES string of the molecule is O=C(CN(Cc1ccccn1)Cc1ccccn1)N[C@H]1C(O)O[C@H](CO)[C@@H](O)[C@@H]1O.[99Tc].[C-]#[O+].[C-]#[O+].[C-]#[O+]. The number of aliphatic hydroxyl groups excluding tert-OH is 4. The Balaban J connectivity index is 0. The molecule has 199 valence electrons. The van der Waals surface area contributed by atoms with Gasteiger partial charge < -0.3 is 30.5 Å². The molecule has 0 bridgehead atoms. The van der Waals surface area contributed by atoms with Crippen LogP contribution in [0.3, 0.4) is 0 Å². The predicted molar refractivity (Wildman–Crippen MR) is 116 cm³/mol. The summed E-state index contributed by atoms with van der Waals surface area (Å²) in [6, 6.07) is 9.77. The molecule has 13 nitrogen and oxygen atoms in total. The zero-order chi connectivity index (χ0) is 27.5. The van der Waals surface area contributed by atoms with Crippen LogP contribution >= 0.6 is 0 Å². The van der Waals surface area contributed by atoms with E-state index in [1.807, 2.05) is 29.2 Å². The number of amides is 1. The molecule has 1 aliphatic heterocycles. The number of nitrogens with one attached hydrogen (secondary N) is 1. The standard InChI is InChI=1S/C20H26N4O6.3CO.Tc/c25-12-15-18(27)19(28)17(20(29)30-15)23-16(26)11-24(9-13-5-1-3-7-21-13)10-14-6-2-4-8-22-14;3*1-2;/h1-8,15,17-20,25,27-29H,9-12H2,(H,23,26);;;;/t15-,17-,18-,19-,20?;;;;/m1..../s1/i;;;;1+1. The number of hydrogen-bond donors (Lipinski definition) is 5. The van der Waals surface area contributed by atoms with Crippen LogP contribution in [0.4, 0.5) is 0 Å². The summed E-state index contributed by atoms with van der Waals surface area (Å²) in [6.45, 7) is 13.6. The molecule has 1 aliphatic rings. The summed E-state index contributed by atoms with van der Waals surface area (Å²) in [6.07, 6.45) is -2.30. The van der Waals surface area contributed by atoms with Crippen LogP contribution in [0.25, 0.3) is 0 Å². The number of ether oxygens (including phenoxy) is 1. The van der Waals surface area contributed by atoms with E-state index < -0.39 is 43.2 Å². The third kappa shape index (κ3) is 12.5. The molecule has 2 aromatic rings. The molecule has 1 radical (unpaired) electrons. The van der Waals surface area contributed by atoms with Gasteiger partial charge in [0.25, 0.3) is 0 Å². The molecular weight excluding hydrogens is 575 g/mol. The minimum absolute atomic E-state index is 0. The number of carbonyl (C=O) groups excluding carboxylic acids is 1. The van der Waals surface area contributed by atoms with Crippen LogP contribution < -0.4 is 5.32 Å². The van der Waals surface area contributed by atoms with Crippen LogP contribution in [-0.2, 0) is 56.7 Å². The minimum atomic E-state index is -1.57. The van der Waals surface area contributed by atoms with E-state index >= 15 is 0 Å². The van der Waals surface area contributed by atoms with E-state index in [4.69, 9.17) is 23.8 Å². The Bertz CT molecular complexity index is 878. The van der Waals surface area contributed by atoms with Gasteiger partial charge in [-0.25, -0.2) is 0 Å². The van der Waals surface area contributed by atoms with E-state index in [0.717, 1.165) is 11.4 Å². The number of nitrogens with zero attached hydrogens (tertiary/aromatic N) is 3. The van der Waals surface area contributed by atoms with Crippen LogP contribution in [0.1, 0.15) is 11.4 Å². The van der Waals surface area contributed by atoms with Gasteiger partial charge in [-0.05, 0) is 24.3 Å². The van der Waals surface area contributed by atoms with Crippen molar-refractivity contribution >= 4 is 5.91 Å². The number of aliphatic hydroxyl groups is 4. The second-order valence-electron chi connectivity index (χ2n) is 7.11. The number of hydrogen-bond acceptors (Lipinski definition) is 9. The summed E-state index contributed by atoms with van der Waals surface area (Å²) in [5.41, 5.74) is 1.53.